The van der Waals surface area contributed by atoms with E-state index in [1.54, 1.807) is 23.1 Å². The number of hydrogen-bond donors (Lipinski definition) is 0. The smallest absolute Gasteiger partial charge is 0.279 e. The number of carbonyl (C=O) groups is 1. The van der Waals surface area contributed by atoms with Crippen LogP contribution >= 0.6 is 23.1 Å². The molecule has 1 amide bonds. The van der Waals surface area contributed by atoms with Gasteiger partial charge in [-0.25, -0.2) is 0 Å². The van der Waals surface area contributed by atoms with Crippen LogP contribution in [0.5, 0.6) is 0 Å². The maximum absolute atomic E-state index is 12.5. The maximum atomic E-state index is 12.5. The molecule has 0 spiro atoms. The summed E-state index contributed by atoms with van der Waals surface area (Å²) < 4.78 is 3.15. The Labute approximate surface area is 143 Å². The van der Waals surface area contributed by atoms with Crippen molar-refractivity contribution in [3.63, 3.8) is 0 Å². The van der Waals surface area contributed by atoms with Crippen molar-refractivity contribution >= 4 is 39.2 Å². The second-order valence-corrected chi connectivity index (χ2v) is 7.14. The van der Waals surface area contributed by atoms with Gasteiger partial charge in [-0.3, -0.25) is 4.79 Å². The summed E-state index contributed by atoms with van der Waals surface area (Å²) in [6, 6.07) is 14.0. The van der Waals surface area contributed by atoms with E-state index < -0.39 is 0 Å². The molecule has 0 aliphatic heterocycles. The van der Waals surface area contributed by atoms with Crippen LogP contribution in [-0.4, -0.2) is 16.7 Å². The van der Waals surface area contributed by atoms with Crippen LogP contribution in [0.2, 0.25) is 0 Å². The van der Waals surface area contributed by atoms with Gasteiger partial charge in [0, 0.05) is 17.5 Å². The summed E-state index contributed by atoms with van der Waals surface area (Å²) in [6.45, 7) is 2.14. The lowest BCUT2D eigenvalue weighted by Crippen LogP contribution is -2.13. The minimum Gasteiger partial charge on any atom is -0.319 e. The predicted molar refractivity (Wildman–Crippen MR) is 98.3 cm³/mol. The third-order valence-corrected chi connectivity index (χ3v) is 5.62. The number of nitrogens with zero attached hydrogens (tertiary/aromatic N) is 2. The molecule has 118 valence electrons. The lowest BCUT2D eigenvalue weighted by molar-refractivity contribution is 0.0997. The molecule has 3 rings (SSSR count). The molecule has 0 aliphatic carbocycles. The molecule has 0 bridgehead atoms. The Balaban J connectivity index is 2.06. The first-order chi connectivity index (χ1) is 11.1. The summed E-state index contributed by atoms with van der Waals surface area (Å²) in [7, 11) is 1.95. The van der Waals surface area contributed by atoms with Gasteiger partial charge in [0.05, 0.1) is 10.2 Å². The number of rotatable bonds is 3. The summed E-state index contributed by atoms with van der Waals surface area (Å²) in [5, 5.41) is 0. The van der Waals surface area contributed by atoms with Gasteiger partial charge >= 0.3 is 0 Å². The van der Waals surface area contributed by atoms with E-state index in [1.807, 2.05) is 42.1 Å². The first-order valence-corrected chi connectivity index (χ1v) is 9.48. The second kappa shape index (κ2) is 6.72. The Morgan fingerprint density at radius 1 is 1.26 bits per heavy atom. The summed E-state index contributed by atoms with van der Waals surface area (Å²) in [5.41, 5.74) is 3.03. The average molecular weight is 342 g/mol. The molecule has 0 atom stereocenters. The minimum absolute atomic E-state index is 0.196. The van der Waals surface area contributed by atoms with E-state index in [2.05, 4.69) is 30.1 Å². The first-order valence-electron chi connectivity index (χ1n) is 7.44. The number of fused-ring (bicyclic) bond motifs is 1. The van der Waals surface area contributed by atoms with Gasteiger partial charge in [-0.15, -0.1) is 11.8 Å². The summed E-state index contributed by atoms with van der Waals surface area (Å²) >= 11 is 3.18. The predicted octanol–water partition coefficient (Wildman–Crippen LogP) is 4.27. The molecule has 3 nitrogen and oxygen atoms in total. The van der Waals surface area contributed by atoms with Gasteiger partial charge in [-0.2, -0.15) is 4.99 Å². The van der Waals surface area contributed by atoms with Crippen molar-refractivity contribution < 1.29 is 4.79 Å². The molecule has 5 heteroatoms. The third kappa shape index (κ3) is 3.26. The Hall–Kier alpha value is -1.85. The number of hydrogen-bond acceptors (Lipinski definition) is 3. The van der Waals surface area contributed by atoms with Crippen LogP contribution in [-0.2, 0) is 13.5 Å². The fourth-order valence-corrected chi connectivity index (χ4v) is 3.95. The van der Waals surface area contributed by atoms with Crippen LogP contribution in [0.3, 0.4) is 0 Å². The van der Waals surface area contributed by atoms with Crippen molar-refractivity contribution in [3.05, 3.63) is 58.4 Å². The summed E-state index contributed by atoms with van der Waals surface area (Å²) in [4.78, 5) is 18.6. The van der Waals surface area contributed by atoms with E-state index in [4.69, 9.17) is 0 Å². The molecule has 3 aromatic rings. The minimum atomic E-state index is -0.196. The SMILES string of the molecule is CCc1ccc2c(c1)sc(=NC(=O)c1cccc(SC)c1)n2C. The monoisotopic (exact) mass is 342 g/mol. The highest BCUT2D eigenvalue weighted by atomic mass is 32.2. The van der Waals surface area contributed by atoms with E-state index in [-0.39, 0.29) is 5.91 Å². The quantitative estimate of drug-likeness (QED) is 0.666. The molecule has 0 fully saturated rings. The molecule has 1 aromatic heterocycles. The van der Waals surface area contributed by atoms with Gasteiger partial charge < -0.3 is 4.57 Å². The molecule has 0 radical (unpaired) electrons. The topological polar surface area (TPSA) is 34.4 Å². The first kappa shape index (κ1) is 16.0. The van der Waals surface area contributed by atoms with Gasteiger partial charge in [0.15, 0.2) is 4.80 Å². The van der Waals surface area contributed by atoms with E-state index >= 15 is 0 Å². The van der Waals surface area contributed by atoms with Crippen molar-refractivity contribution in [2.45, 2.75) is 18.2 Å². The van der Waals surface area contributed by atoms with Gasteiger partial charge in [-0.05, 0) is 48.6 Å². The molecule has 0 saturated carbocycles. The number of amides is 1. The van der Waals surface area contributed by atoms with Gasteiger partial charge in [-0.1, -0.05) is 30.4 Å². The number of thioether (sulfide) groups is 1. The molecule has 0 N–H and O–H groups in total. The van der Waals surface area contributed by atoms with E-state index in [9.17, 15) is 4.79 Å². The lowest BCUT2D eigenvalue weighted by atomic mass is 10.2. The van der Waals surface area contributed by atoms with Gasteiger partial charge in [0.25, 0.3) is 5.91 Å². The molecular formula is C18H18N2OS2. The van der Waals surface area contributed by atoms with Crippen molar-refractivity contribution in [2.24, 2.45) is 12.0 Å². The maximum Gasteiger partial charge on any atom is 0.279 e. The van der Waals surface area contributed by atoms with Crippen LogP contribution < -0.4 is 4.80 Å². The molecule has 0 unspecified atom stereocenters. The second-order valence-electron chi connectivity index (χ2n) is 5.25. The van der Waals surface area contributed by atoms with Crippen molar-refractivity contribution in [1.82, 2.24) is 4.57 Å². The van der Waals surface area contributed by atoms with Crippen molar-refractivity contribution in [1.29, 1.82) is 0 Å². The number of benzene rings is 2. The highest BCUT2D eigenvalue weighted by Crippen LogP contribution is 2.19. The van der Waals surface area contributed by atoms with Crippen LogP contribution in [0, 0.1) is 0 Å². The highest BCUT2D eigenvalue weighted by Gasteiger charge is 2.08. The number of aromatic nitrogens is 1. The Bertz CT molecular complexity index is 938. The number of aryl methyl sites for hydroxylation is 2. The van der Waals surface area contributed by atoms with Crippen molar-refractivity contribution in [2.75, 3.05) is 6.26 Å². The zero-order valence-electron chi connectivity index (χ0n) is 13.4. The van der Waals surface area contributed by atoms with Gasteiger partial charge in [0.1, 0.15) is 0 Å². The van der Waals surface area contributed by atoms with Crippen LogP contribution in [0.1, 0.15) is 22.8 Å². The van der Waals surface area contributed by atoms with Crippen LogP contribution in [0.15, 0.2) is 52.4 Å². The lowest BCUT2D eigenvalue weighted by Gasteiger charge is -1.99. The number of carbonyl (C=O) groups excluding carboxylic acids is 1. The summed E-state index contributed by atoms with van der Waals surface area (Å²) in [6.07, 6.45) is 3.00. The van der Waals surface area contributed by atoms with E-state index in [0.29, 0.717) is 5.56 Å². The normalized spacial score (nSPS) is 12.0. The zero-order valence-corrected chi connectivity index (χ0v) is 15.0. The average Bonchev–Trinajstić information content (AvgIpc) is 2.90. The molecule has 1 heterocycles. The van der Waals surface area contributed by atoms with Crippen molar-refractivity contribution in [3.8, 4) is 0 Å². The Morgan fingerprint density at radius 2 is 2.09 bits per heavy atom. The highest BCUT2D eigenvalue weighted by molar-refractivity contribution is 7.98. The Morgan fingerprint density at radius 3 is 2.83 bits per heavy atom. The largest absolute Gasteiger partial charge is 0.319 e. The van der Waals surface area contributed by atoms with Crippen LogP contribution in [0.4, 0.5) is 0 Å². The molecule has 23 heavy (non-hydrogen) atoms. The third-order valence-electron chi connectivity index (χ3n) is 3.80. The van der Waals surface area contributed by atoms with E-state index in [0.717, 1.165) is 26.3 Å². The molecule has 0 aliphatic rings. The number of thiazole rings is 1. The van der Waals surface area contributed by atoms with Gasteiger partial charge in [0.2, 0.25) is 0 Å². The fraction of sp³-hybridized carbons (Fsp3) is 0.222. The fourth-order valence-electron chi connectivity index (χ4n) is 2.41. The molecular weight excluding hydrogens is 324 g/mol. The molecule has 2 aromatic carbocycles. The summed E-state index contributed by atoms with van der Waals surface area (Å²) in [5.74, 6) is -0.196. The standard InChI is InChI=1S/C18H18N2OS2/c1-4-12-8-9-15-16(10-12)23-18(20(15)2)19-17(21)13-6-5-7-14(11-13)22-3/h5-11H,4H2,1-3H3. The van der Waals surface area contributed by atoms with E-state index in [1.165, 1.54) is 5.56 Å². The Kier molecular flexibility index (Phi) is 4.68. The van der Waals surface area contributed by atoms with Crippen LogP contribution in [0.25, 0.3) is 10.2 Å². The zero-order chi connectivity index (χ0) is 16.4. The molecule has 0 saturated heterocycles.